The number of amides is 1. The van der Waals surface area contributed by atoms with Crippen LogP contribution >= 0.6 is 51.0 Å². The number of nitrogen functional groups attached to an aromatic ring is 1. The lowest BCUT2D eigenvalue weighted by Gasteiger charge is -2.22. The Hall–Kier alpha value is -11.1. The van der Waals surface area contributed by atoms with Gasteiger partial charge in [0.05, 0.1) is 40.6 Å². The Kier molecular flexibility index (Phi) is 22.1. The van der Waals surface area contributed by atoms with Crippen LogP contribution in [0.2, 0.25) is 0 Å². The first kappa shape index (κ1) is 80.9. The lowest BCUT2D eigenvalue weighted by molar-refractivity contribution is -0.116. The molecule has 6 aromatic carbocycles. The van der Waals surface area contributed by atoms with Crippen molar-refractivity contribution in [1.29, 1.82) is 0 Å². The highest BCUT2D eigenvalue weighted by Gasteiger charge is 2.45. The number of carbonyl (C=O) groups excluding carboxylic acids is 1. The quantitative estimate of drug-likeness (QED) is 0.0295. The van der Waals surface area contributed by atoms with Crippen LogP contribution in [0.1, 0.15) is 189 Å². The third-order valence-electron chi connectivity index (χ3n) is 20.7. The van der Waals surface area contributed by atoms with E-state index >= 15 is 0 Å². The fraction of sp³-hybridized carbons (Fsp3) is 0.298. The average molecular weight is 1620 g/mol. The Labute approximate surface area is 663 Å². The van der Waals surface area contributed by atoms with Crippen molar-refractivity contribution in [2.45, 2.75) is 162 Å². The van der Waals surface area contributed by atoms with Crippen LogP contribution in [0.5, 0.6) is 17.2 Å². The number of carbonyl (C=O) groups is 4. The predicted octanol–water partition coefficient (Wildman–Crippen LogP) is 20.7. The zero-order valence-electron chi connectivity index (χ0n) is 64.1. The Bertz CT molecular complexity index is 5530. The van der Waals surface area contributed by atoms with Crippen LogP contribution in [0.25, 0.3) is 42.7 Å². The molecule has 5 aromatic heterocycles. The first-order valence-corrected chi connectivity index (χ1v) is 38.0. The molecule has 0 bridgehead atoms. The number of aromatic nitrogens is 4. The molecule has 0 saturated carbocycles. The number of aromatic carboxylic acids is 3. The number of carboxylic acid groups (broad SMARTS) is 3. The SMILES string of the molecule is Br.CC1=NN(c2ccc3c(c2)C(C)(C)CC3(C)C)C(=O)C1.Cc1[nH]n(-c2ccc3c(c2)C(C)(C)CC3(C)C)c(=O)c1N=Nc1cccc(-c2ccc(C(=O)O)s2)c1O.Cc1[nH]n(-c2ccc3c(c2)C(C)(C)CC3(C)C)c(=O)c1N=Nc1cccc(-c2ccc(C(=O)O)s2)c1O.Nc1cccc(-c2ccc(C(=O)O)s2)c1O. The van der Waals surface area contributed by atoms with E-state index in [4.69, 9.17) is 10.8 Å². The molecule has 3 aliphatic carbocycles. The third kappa shape index (κ3) is 16.0. The number of aromatic amines is 2. The standard InChI is InChI=1S/2C28H28N4O4S.C17H22N2O.C11H9NO3S.BrH/c2*1-15-23(30-29-20-8-6-7-17(24(20)33)21-11-12-22(37-21)26(35)36)25(34)32(31-15)16-9-10-18-19(13-16)28(4,5)14-27(18,2)3;1-11-8-15(20)19(18-11)12-6-7-13-14(9-12)17(4,5)10-16(13,2)3;12-7-3-1-2-6(10(7)13)8-4-5-9(16-8)11(14)15;/h2*6-13,31,33H,14H2,1-5H3,(H,35,36);6-7,9H,8,10H2,1-5H3;1-5,13H,12H2,(H,14,15);1H. The minimum Gasteiger partial charge on any atom is -0.505 e. The van der Waals surface area contributed by atoms with E-state index in [0.717, 1.165) is 76.0 Å². The van der Waals surface area contributed by atoms with E-state index in [9.17, 15) is 54.3 Å². The summed E-state index contributed by atoms with van der Waals surface area (Å²) in [5, 5.41) is 87.3. The van der Waals surface area contributed by atoms with Crippen molar-refractivity contribution >= 4 is 115 Å². The maximum atomic E-state index is 13.3. The summed E-state index contributed by atoms with van der Waals surface area (Å²) in [5.74, 6) is -3.25. The van der Waals surface area contributed by atoms with Crippen molar-refractivity contribution in [2.75, 3.05) is 10.7 Å². The van der Waals surface area contributed by atoms with Gasteiger partial charge in [-0.2, -0.15) is 5.10 Å². The first-order chi connectivity index (χ1) is 51.6. The number of aromatic hydroxyl groups is 3. The van der Waals surface area contributed by atoms with Gasteiger partial charge in [-0.1, -0.05) is 119 Å². The minimum absolute atomic E-state index is 0. The number of hydrazone groups is 1. The molecule has 6 heterocycles. The first-order valence-electron chi connectivity index (χ1n) is 35.6. The molecule has 1 amide bonds. The molecule has 4 aliphatic rings. The van der Waals surface area contributed by atoms with E-state index in [2.05, 4.69) is 155 Å². The number of para-hydroxylation sites is 3. The molecule has 10 N–H and O–H groups in total. The fourth-order valence-corrected chi connectivity index (χ4v) is 18.8. The number of fused-ring (bicyclic) bond motifs is 3. The van der Waals surface area contributed by atoms with E-state index in [1.165, 1.54) is 60.9 Å². The van der Waals surface area contributed by atoms with Gasteiger partial charge in [-0.15, -0.1) is 71.4 Å². The second kappa shape index (κ2) is 30.3. The zero-order valence-corrected chi connectivity index (χ0v) is 68.3. The number of H-pyrrole nitrogens is 2. The summed E-state index contributed by atoms with van der Waals surface area (Å²) in [6, 6.07) is 42.9. The Balaban J connectivity index is 0.000000154. The number of phenolic OH excluding ortho intramolecular Hbond substituents is 3. The average Bonchev–Trinajstić information content (AvgIpc) is 1.60. The zero-order chi connectivity index (χ0) is 79.8. The van der Waals surface area contributed by atoms with Gasteiger partial charge in [0.1, 0.15) is 31.8 Å². The highest BCUT2D eigenvalue weighted by atomic mass is 79.9. The van der Waals surface area contributed by atoms with Crippen LogP contribution in [0.15, 0.2) is 181 Å². The van der Waals surface area contributed by atoms with E-state index in [-0.39, 0.29) is 127 Å². The summed E-state index contributed by atoms with van der Waals surface area (Å²) in [6.45, 7) is 32.5. The lowest BCUT2D eigenvalue weighted by atomic mass is 9.82. The summed E-state index contributed by atoms with van der Waals surface area (Å²) in [4.78, 5) is 74.2. The normalized spacial score (nSPS) is 16.2. The summed E-state index contributed by atoms with van der Waals surface area (Å²) >= 11 is 3.21. The van der Waals surface area contributed by atoms with Gasteiger partial charge in [0.25, 0.3) is 17.0 Å². The Morgan fingerprint density at radius 1 is 0.432 bits per heavy atom. The molecule has 23 nitrogen and oxygen atoms in total. The number of nitrogens with zero attached hydrogens (tertiary/aromatic N) is 8. The van der Waals surface area contributed by atoms with Gasteiger partial charge in [-0.25, -0.2) is 28.8 Å². The number of phenols is 3. The second-order valence-electron chi connectivity index (χ2n) is 32.1. The Morgan fingerprint density at radius 2 is 0.757 bits per heavy atom. The molecular formula is C84H88BrN11O12S3. The molecule has 0 fully saturated rings. The molecule has 111 heavy (non-hydrogen) atoms. The van der Waals surface area contributed by atoms with Crippen molar-refractivity contribution in [2.24, 2.45) is 25.6 Å². The number of carboxylic acids is 3. The van der Waals surface area contributed by atoms with E-state index < -0.39 is 17.9 Å². The van der Waals surface area contributed by atoms with Crippen LogP contribution in [0, 0.1) is 13.8 Å². The van der Waals surface area contributed by atoms with Crippen molar-refractivity contribution in [3.63, 3.8) is 0 Å². The van der Waals surface area contributed by atoms with Gasteiger partial charge < -0.3 is 36.4 Å². The molecule has 0 radical (unpaired) electrons. The number of nitrogens with one attached hydrogen (secondary N) is 2. The Morgan fingerprint density at radius 3 is 1.09 bits per heavy atom. The smallest absolute Gasteiger partial charge is 0.345 e. The van der Waals surface area contributed by atoms with E-state index in [0.29, 0.717) is 49.1 Å². The molecule has 576 valence electrons. The fourth-order valence-electron chi connectivity index (χ4n) is 16.2. The maximum absolute atomic E-state index is 13.3. The predicted molar refractivity (Wildman–Crippen MR) is 444 cm³/mol. The van der Waals surface area contributed by atoms with Crippen LogP contribution in [-0.4, -0.2) is 79.7 Å². The summed E-state index contributed by atoms with van der Waals surface area (Å²) in [6.07, 6.45) is 3.63. The molecule has 27 heteroatoms. The molecule has 0 saturated heterocycles. The maximum Gasteiger partial charge on any atom is 0.345 e. The van der Waals surface area contributed by atoms with Crippen LogP contribution in [0.4, 0.5) is 34.1 Å². The number of thiophene rings is 3. The summed E-state index contributed by atoms with van der Waals surface area (Å²) < 4.78 is 2.95. The number of aryl methyl sites for hydroxylation is 2. The van der Waals surface area contributed by atoms with E-state index in [1.54, 1.807) is 91.7 Å². The van der Waals surface area contributed by atoms with Crippen molar-refractivity contribution < 1.29 is 49.8 Å². The number of hydrogen-bond donors (Lipinski definition) is 9. The van der Waals surface area contributed by atoms with Crippen LogP contribution in [0.3, 0.4) is 0 Å². The summed E-state index contributed by atoms with van der Waals surface area (Å²) in [7, 11) is 0. The molecule has 0 unspecified atom stereocenters. The largest absolute Gasteiger partial charge is 0.505 e. The van der Waals surface area contributed by atoms with Gasteiger partial charge in [-0.3, -0.25) is 24.6 Å². The molecule has 0 atom stereocenters. The van der Waals surface area contributed by atoms with Crippen LogP contribution < -0.4 is 21.9 Å². The topological polar surface area (TPSA) is 356 Å². The van der Waals surface area contributed by atoms with Gasteiger partial charge in [0.2, 0.25) is 0 Å². The second-order valence-corrected chi connectivity index (χ2v) is 35.3. The third-order valence-corrected chi connectivity index (χ3v) is 24.0. The molecule has 1 aliphatic heterocycles. The number of hydrogen-bond acceptors (Lipinski definition) is 18. The number of azo groups is 2. The minimum atomic E-state index is -1.03. The molecule has 0 spiro atoms. The molecular weight excluding hydrogens is 1530 g/mol. The van der Waals surface area contributed by atoms with Crippen molar-refractivity contribution in [3.05, 3.63) is 226 Å². The number of anilines is 2. The molecule has 15 rings (SSSR count). The van der Waals surface area contributed by atoms with Crippen molar-refractivity contribution in [3.8, 4) is 59.9 Å². The van der Waals surface area contributed by atoms with Gasteiger partial charge >= 0.3 is 17.9 Å². The number of nitrogens with two attached hydrogens (primary N) is 1. The summed E-state index contributed by atoms with van der Waals surface area (Å²) in [5.41, 5.74) is 19.9. The number of halogens is 1. The number of rotatable bonds is 13. The van der Waals surface area contributed by atoms with Gasteiger partial charge in [-0.05, 0) is 215 Å². The number of benzene rings is 6. The monoisotopic (exact) mass is 1620 g/mol. The highest BCUT2D eigenvalue weighted by molar-refractivity contribution is 8.93. The molecule has 11 aromatic rings. The van der Waals surface area contributed by atoms with Gasteiger partial charge in [0.15, 0.2) is 22.9 Å². The van der Waals surface area contributed by atoms with E-state index in [1.807, 2.05) is 25.1 Å². The lowest BCUT2D eigenvalue weighted by Crippen LogP contribution is -2.20. The van der Waals surface area contributed by atoms with Crippen LogP contribution in [-0.2, 0) is 37.3 Å². The van der Waals surface area contributed by atoms with Gasteiger partial charge in [0, 0.05) is 37.0 Å². The highest BCUT2D eigenvalue weighted by Crippen LogP contribution is 2.53. The van der Waals surface area contributed by atoms with Crippen molar-refractivity contribution in [1.82, 2.24) is 19.6 Å².